The Morgan fingerprint density at radius 1 is 1.13 bits per heavy atom. The predicted octanol–water partition coefficient (Wildman–Crippen LogP) is 4.23. The summed E-state index contributed by atoms with van der Waals surface area (Å²) in [4.78, 5) is 9.94. The molecule has 1 aromatic carbocycles. The third-order valence-electron chi connectivity index (χ3n) is 5.46. The van der Waals surface area contributed by atoms with Crippen LogP contribution >= 0.6 is 12.2 Å². The topological polar surface area (TPSA) is 46.2 Å². The van der Waals surface area contributed by atoms with E-state index in [0.29, 0.717) is 17.8 Å². The monoisotopic (exact) mass is 445 g/mol. The van der Waals surface area contributed by atoms with E-state index in [2.05, 4.69) is 15.8 Å². The molecule has 0 bridgehead atoms. The fraction of sp³-hybridized carbons (Fsp3) is 0.400. The fourth-order valence-electron chi connectivity index (χ4n) is 3.92. The first kappa shape index (κ1) is 22.5. The number of pyridine rings is 1. The van der Waals surface area contributed by atoms with Crippen LogP contribution in [-0.2, 0) is 16.9 Å². The van der Waals surface area contributed by atoms with Gasteiger partial charge in [-0.1, -0.05) is 31.1 Å². The van der Waals surface area contributed by atoms with Crippen LogP contribution in [0.2, 0.25) is 0 Å². The van der Waals surface area contributed by atoms with Crippen LogP contribution < -0.4 is 10.8 Å². The second-order valence-electron chi connectivity index (χ2n) is 7.05. The van der Waals surface area contributed by atoms with Crippen molar-refractivity contribution < 1.29 is 26.8 Å². The van der Waals surface area contributed by atoms with E-state index in [1.807, 2.05) is 6.07 Å². The molecule has 1 aromatic heterocycles. The van der Waals surface area contributed by atoms with Gasteiger partial charge in [0.05, 0.1) is 22.6 Å². The zero-order valence-electron chi connectivity index (χ0n) is 16.1. The molecule has 2 atom stereocenters. The SMILES string of the molecule is CNC(=S)C1(c2cccnc2)CCCC[C@@H]1NOCc1c(F)c(F)c(F)c(F)c1F. The van der Waals surface area contributed by atoms with E-state index in [1.165, 1.54) is 0 Å². The molecule has 1 fully saturated rings. The van der Waals surface area contributed by atoms with Gasteiger partial charge in [-0.25, -0.2) is 22.0 Å². The highest BCUT2D eigenvalue weighted by molar-refractivity contribution is 7.80. The van der Waals surface area contributed by atoms with Gasteiger partial charge in [0.2, 0.25) is 5.82 Å². The van der Waals surface area contributed by atoms with E-state index in [0.717, 1.165) is 18.4 Å². The summed E-state index contributed by atoms with van der Waals surface area (Å²) >= 11 is 5.59. The summed E-state index contributed by atoms with van der Waals surface area (Å²) in [6.07, 6.45) is 6.33. The van der Waals surface area contributed by atoms with E-state index >= 15 is 0 Å². The van der Waals surface area contributed by atoms with Crippen molar-refractivity contribution in [3.05, 3.63) is 64.7 Å². The highest BCUT2D eigenvalue weighted by Gasteiger charge is 2.46. The summed E-state index contributed by atoms with van der Waals surface area (Å²) in [6, 6.07) is 3.24. The van der Waals surface area contributed by atoms with Crippen molar-refractivity contribution in [2.24, 2.45) is 0 Å². The van der Waals surface area contributed by atoms with Crippen LogP contribution in [0.25, 0.3) is 0 Å². The van der Waals surface area contributed by atoms with Crippen LogP contribution in [0.1, 0.15) is 36.8 Å². The van der Waals surface area contributed by atoms with E-state index in [4.69, 9.17) is 17.1 Å². The molecule has 2 N–H and O–H groups in total. The van der Waals surface area contributed by atoms with Gasteiger partial charge in [0.1, 0.15) is 0 Å². The molecule has 1 heterocycles. The highest BCUT2D eigenvalue weighted by atomic mass is 32.1. The highest BCUT2D eigenvalue weighted by Crippen LogP contribution is 2.40. The quantitative estimate of drug-likeness (QED) is 0.229. The third kappa shape index (κ3) is 3.91. The molecule has 4 nitrogen and oxygen atoms in total. The molecule has 10 heteroatoms. The normalized spacial score (nSPS) is 21.5. The minimum atomic E-state index is -2.20. The summed E-state index contributed by atoms with van der Waals surface area (Å²) < 4.78 is 67.8. The number of thiocarbonyl (C=S) groups is 1. The van der Waals surface area contributed by atoms with Gasteiger partial charge in [-0.15, -0.1) is 0 Å². The Hall–Kier alpha value is -2.17. The number of nitrogens with one attached hydrogen (secondary N) is 2. The van der Waals surface area contributed by atoms with Gasteiger partial charge < -0.3 is 5.32 Å². The average Bonchev–Trinajstić information content (AvgIpc) is 2.79. The van der Waals surface area contributed by atoms with Crippen LogP contribution in [0.5, 0.6) is 0 Å². The van der Waals surface area contributed by atoms with Gasteiger partial charge in [0.25, 0.3) is 0 Å². The lowest BCUT2D eigenvalue weighted by molar-refractivity contribution is -0.0205. The van der Waals surface area contributed by atoms with Crippen molar-refractivity contribution in [2.45, 2.75) is 43.7 Å². The molecule has 1 unspecified atom stereocenters. The molecule has 1 aliphatic rings. The van der Waals surface area contributed by atoms with Crippen molar-refractivity contribution in [1.82, 2.24) is 15.8 Å². The zero-order valence-corrected chi connectivity index (χ0v) is 16.9. The Kier molecular flexibility index (Phi) is 6.99. The standard InChI is InChI=1S/C20H20F5N3OS/c1-26-19(30)20(11-5-4-8-27-9-11)7-3-2-6-13(20)28-29-10-12-14(21)16(23)18(25)17(24)15(12)22/h4-5,8-9,13,28H,2-3,6-7,10H2,1H3,(H,26,30)/t13-,20?/m0/s1. The first-order valence-electron chi connectivity index (χ1n) is 9.34. The Balaban J connectivity index is 1.86. The number of nitrogens with zero attached hydrogens (tertiary/aromatic N) is 1. The Bertz CT molecular complexity index is 901. The molecular formula is C20H20F5N3OS. The maximum absolute atomic E-state index is 13.9. The number of hydrogen-bond donors (Lipinski definition) is 2. The molecule has 3 rings (SSSR count). The van der Waals surface area contributed by atoms with Crippen LogP contribution in [-0.4, -0.2) is 23.1 Å². The van der Waals surface area contributed by atoms with Crippen LogP contribution in [0.15, 0.2) is 24.5 Å². The van der Waals surface area contributed by atoms with Crippen LogP contribution in [0, 0.1) is 29.1 Å². The molecule has 0 amide bonds. The molecule has 162 valence electrons. The Labute approximate surface area is 175 Å². The van der Waals surface area contributed by atoms with E-state index < -0.39 is 52.7 Å². The third-order valence-corrected chi connectivity index (χ3v) is 6.03. The lowest BCUT2D eigenvalue weighted by Crippen LogP contribution is -2.57. The minimum absolute atomic E-state index is 0.406. The van der Waals surface area contributed by atoms with Crippen molar-refractivity contribution in [3.8, 4) is 0 Å². The molecule has 0 radical (unpaired) electrons. The Morgan fingerprint density at radius 3 is 2.40 bits per heavy atom. The summed E-state index contributed by atoms with van der Waals surface area (Å²) in [5.74, 6) is -10.1. The van der Waals surface area contributed by atoms with Gasteiger partial charge in [-0.3, -0.25) is 9.82 Å². The lowest BCUT2D eigenvalue weighted by atomic mass is 9.66. The van der Waals surface area contributed by atoms with Gasteiger partial charge in [0, 0.05) is 25.5 Å². The lowest BCUT2D eigenvalue weighted by Gasteiger charge is -2.44. The van der Waals surface area contributed by atoms with Crippen molar-refractivity contribution in [3.63, 3.8) is 0 Å². The molecule has 0 spiro atoms. The Morgan fingerprint density at radius 2 is 1.80 bits per heavy atom. The first-order valence-corrected chi connectivity index (χ1v) is 9.75. The number of likely N-dealkylation sites (N-methyl/N-ethyl adjacent to an activating group) is 1. The van der Waals surface area contributed by atoms with Gasteiger partial charge >= 0.3 is 0 Å². The van der Waals surface area contributed by atoms with E-state index in [1.54, 1.807) is 25.5 Å². The molecule has 0 saturated heterocycles. The van der Waals surface area contributed by atoms with Crippen LogP contribution in [0.3, 0.4) is 0 Å². The van der Waals surface area contributed by atoms with Gasteiger partial charge in [-0.05, 0) is 24.5 Å². The minimum Gasteiger partial charge on any atom is -0.382 e. The number of aromatic nitrogens is 1. The molecular weight excluding hydrogens is 425 g/mol. The number of halogens is 5. The number of hydrogen-bond acceptors (Lipinski definition) is 4. The fourth-order valence-corrected chi connectivity index (χ4v) is 4.28. The number of rotatable bonds is 6. The van der Waals surface area contributed by atoms with Crippen molar-refractivity contribution in [1.29, 1.82) is 0 Å². The second-order valence-corrected chi connectivity index (χ2v) is 7.45. The smallest absolute Gasteiger partial charge is 0.200 e. The number of hydroxylamine groups is 1. The molecule has 1 saturated carbocycles. The molecule has 30 heavy (non-hydrogen) atoms. The predicted molar refractivity (Wildman–Crippen MR) is 104 cm³/mol. The van der Waals surface area contributed by atoms with Crippen molar-refractivity contribution in [2.75, 3.05) is 7.05 Å². The largest absolute Gasteiger partial charge is 0.382 e. The average molecular weight is 445 g/mol. The summed E-state index contributed by atoms with van der Waals surface area (Å²) in [5.41, 5.74) is 1.85. The summed E-state index contributed by atoms with van der Waals surface area (Å²) in [7, 11) is 1.70. The number of benzene rings is 1. The van der Waals surface area contributed by atoms with Crippen LogP contribution in [0.4, 0.5) is 22.0 Å². The second kappa shape index (κ2) is 9.32. The molecule has 1 aliphatic carbocycles. The van der Waals surface area contributed by atoms with E-state index in [9.17, 15) is 22.0 Å². The first-order chi connectivity index (χ1) is 14.3. The summed E-state index contributed by atoms with van der Waals surface area (Å²) in [6.45, 7) is -0.849. The zero-order chi connectivity index (χ0) is 21.9. The molecule has 0 aliphatic heterocycles. The van der Waals surface area contributed by atoms with Crippen molar-refractivity contribution >= 4 is 17.2 Å². The maximum atomic E-state index is 13.9. The summed E-state index contributed by atoms with van der Waals surface area (Å²) in [5, 5.41) is 3.00. The van der Waals surface area contributed by atoms with Gasteiger partial charge in [-0.2, -0.15) is 5.48 Å². The maximum Gasteiger partial charge on any atom is 0.200 e. The molecule has 2 aromatic rings. The van der Waals surface area contributed by atoms with Gasteiger partial charge in [0.15, 0.2) is 23.3 Å². The van der Waals surface area contributed by atoms with E-state index in [-0.39, 0.29) is 0 Å².